The fraction of sp³-hybridized carbons (Fsp3) is 0.0714. The third kappa shape index (κ3) is 16.2. The smallest absolute Gasteiger partial charge is 0.497 e. The quantitative estimate of drug-likeness (QED) is 0.145. The summed E-state index contributed by atoms with van der Waals surface area (Å²) in [5.41, 5.74) is 1.80. The molecule has 0 spiro atoms. The van der Waals surface area contributed by atoms with Crippen molar-refractivity contribution < 1.29 is 9.47 Å². The number of benzene rings is 4. The summed E-state index contributed by atoms with van der Waals surface area (Å²) in [5, 5.41) is 0. The summed E-state index contributed by atoms with van der Waals surface area (Å²) < 4.78 is 10.9. The van der Waals surface area contributed by atoms with Gasteiger partial charge >= 0.3 is 23.9 Å². The van der Waals surface area contributed by atoms with Gasteiger partial charge in [0, 0.05) is 0 Å². The maximum atomic E-state index is 4.97. The second-order valence-corrected chi connectivity index (χ2v) is 8.34. The van der Waals surface area contributed by atoms with Gasteiger partial charge in [-0.2, -0.15) is 0 Å². The fourth-order valence-electron chi connectivity index (χ4n) is 2.14. The fourth-order valence-corrected chi connectivity index (χ4v) is 2.68. The minimum Gasteiger partial charge on any atom is -0.497 e. The predicted octanol–water partition coefficient (Wildman–Crippen LogP) is 6.43. The summed E-state index contributed by atoms with van der Waals surface area (Å²) in [6, 6.07) is 39.8. The zero-order valence-corrected chi connectivity index (χ0v) is 25.5. The van der Waals surface area contributed by atoms with Crippen LogP contribution in [0.3, 0.4) is 0 Å². The predicted molar refractivity (Wildman–Crippen MR) is 160 cm³/mol. The van der Waals surface area contributed by atoms with E-state index in [1.54, 1.807) is 14.2 Å². The molecule has 0 aliphatic carbocycles. The Morgan fingerprint density at radius 1 is 0.571 bits per heavy atom. The van der Waals surface area contributed by atoms with Crippen LogP contribution in [0.1, 0.15) is 11.1 Å². The Balaban J connectivity index is 0.000000452. The van der Waals surface area contributed by atoms with Gasteiger partial charge in [-0.3, -0.25) is 0 Å². The average molecular weight is 639 g/mol. The van der Waals surface area contributed by atoms with Crippen molar-refractivity contribution in [1.82, 2.24) is 0 Å². The van der Waals surface area contributed by atoms with E-state index in [1.807, 2.05) is 109 Å². The van der Waals surface area contributed by atoms with Crippen LogP contribution in [0.4, 0.5) is 0 Å². The van der Waals surface area contributed by atoms with Crippen LogP contribution in [0.25, 0.3) is 0 Å². The van der Waals surface area contributed by atoms with Crippen molar-refractivity contribution in [2.75, 3.05) is 14.2 Å². The molecule has 0 amide bonds. The normalized spacial score (nSPS) is 8.51. The second-order valence-electron chi connectivity index (χ2n) is 6.19. The largest absolute Gasteiger partial charge is 2.00 e. The van der Waals surface area contributed by atoms with E-state index in [4.69, 9.17) is 59.2 Å². The first kappa shape index (κ1) is 32.9. The molecule has 0 aliphatic heterocycles. The Kier molecular flexibility index (Phi) is 19.9. The summed E-state index contributed by atoms with van der Waals surface area (Å²) in [6.07, 6.45) is 0. The zero-order chi connectivity index (χ0) is 25.0. The molecule has 4 rings (SSSR count). The molecule has 4 radical (unpaired) electrons. The van der Waals surface area contributed by atoms with Crippen molar-refractivity contribution in [3.05, 3.63) is 132 Å². The molecule has 0 fully saturated rings. The van der Waals surface area contributed by atoms with Gasteiger partial charge in [-0.05, 0) is 47.5 Å². The Morgan fingerprint density at radius 2 is 0.857 bits per heavy atom. The number of thiocarbonyl (C=S) groups is 2. The number of hydrogen-bond donors (Lipinski definition) is 0. The van der Waals surface area contributed by atoms with Gasteiger partial charge in [0.15, 0.2) is 0 Å². The van der Waals surface area contributed by atoms with Crippen molar-refractivity contribution in [3.63, 3.8) is 0 Å². The molecular weight excluding hydrogens is 615 g/mol. The van der Waals surface area contributed by atoms with E-state index < -0.39 is 0 Å². The Morgan fingerprint density at radius 3 is 1.00 bits per heavy atom. The molecule has 0 aliphatic rings. The van der Waals surface area contributed by atoms with Gasteiger partial charge in [-0.1, -0.05) is 84.9 Å². The van der Waals surface area contributed by atoms with Gasteiger partial charge in [0.05, 0.1) is 14.2 Å². The Labute approximate surface area is 247 Å². The van der Waals surface area contributed by atoms with E-state index in [2.05, 4.69) is 12.1 Å². The van der Waals surface area contributed by atoms with E-state index in [1.165, 1.54) is 0 Å². The maximum absolute atomic E-state index is 4.97. The molecule has 2 nitrogen and oxygen atoms in total. The molecule has 0 atom stereocenters. The van der Waals surface area contributed by atoms with E-state index in [9.17, 15) is 0 Å². The summed E-state index contributed by atoms with van der Waals surface area (Å²) in [6.45, 7) is 0. The first-order valence-corrected chi connectivity index (χ1v) is 11.6. The molecule has 0 saturated heterocycles. The minimum atomic E-state index is 0. The van der Waals surface area contributed by atoms with Crippen LogP contribution in [-0.2, 0) is 25.3 Å². The van der Waals surface area contributed by atoms with Gasteiger partial charge in [-0.25, -0.2) is 0 Å². The third-order valence-corrected chi connectivity index (χ3v) is 4.81. The molecular formula is C28H24O2S4Sn. The number of hydrogen-bond acceptors (Lipinski definition) is 6. The summed E-state index contributed by atoms with van der Waals surface area (Å²) >= 11 is 19.3. The number of ether oxygens (including phenoxy) is 2. The average Bonchev–Trinajstić information content (AvgIpc) is 2.92. The van der Waals surface area contributed by atoms with Crippen LogP contribution >= 0.6 is 24.4 Å². The van der Waals surface area contributed by atoms with Gasteiger partial charge in [0.25, 0.3) is 0 Å². The standard InChI is InChI=1S/2C8H8OS2.2C6H5.Sn/c2*1-9-7-4-2-6(3-5-7)8(10)11;2*1-2-4-6-5-3-1;/h2*2-5H,1H3,(H,10,11);2*1-5H;/q;;;;+2/p-2. The van der Waals surface area contributed by atoms with Crippen LogP contribution in [0, 0.1) is 12.1 Å². The molecule has 35 heavy (non-hydrogen) atoms. The van der Waals surface area contributed by atoms with E-state index in [0.29, 0.717) is 8.39 Å². The Hall–Kier alpha value is -2.10. The second kappa shape index (κ2) is 21.2. The molecule has 0 bridgehead atoms. The van der Waals surface area contributed by atoms with Crippen LogP contribution in [-0.4, -0.2) is 46.5 Å². The Bertz CT molecular complexity index is 917. The van der Waals surface area contributed by atoms with Crippen molar-refractivity contribution in [2.24, 2.45) is 0 Å². The summed E-state index contributed by atoms with van der Waals surface area (Å²) in [7, 11) is 3.25. The van der Waals surface area contributed by atoms with Crippen molar-refractivity contribution in [3.8, 4) is 11.5 Å². The molecule has 0 heterocycles. The van der Waals surface area contributed by atoms with Crippen LogP contribution in [0.2, 0.25) is 0 Å². The first-order valence-electron chi connectivity index (χ1n) is 10.0. The van der Waals surface area contributed by atoms with Gasteiger partial charge in [-0.15, -0.1) is 8.39 Å². The van der Waals surface area contributed by atoms with E-state index in [0.717, 1.165) is 22.6 Å². The molecule has 0 unspecified atom stereocenters. The van der Waals surface area contributed by atoms with E-state index >= 15 is 0 Å². The molecule has 0 aromatic heterocycles. The number of methoxy groups -OCH3 is 2. The van der Waals surface area contributed by atoms with Crippen molar-refractivity contribution in [1.29, 1.82) is 0 Å². The molecule has 0 saturated carbocycles. The first-order chi connectivity index (χ1) is 16.5. The van der Waals surface area contributed by atoms with Crippen LogP contribution in [0.15, 0.2) is 109 Å². The molecule has 4 aromatic carbocycles. The molecule has 7 heteroatoms. The molecule has 4 aromatic rings. The van der Waals surface area contributed by atoms with Crippen molar-refractivity contribution >= 4 is 82.0 Å². The maximum Gasteiger partial charge on any atom is 2.00 e. The monoisotopic (exact) mass is 640 g/mol. The van der Waals surface area contributed by atoms with Gasteiger partial charge in [0.1, 0.15) is 11.5 Å². The van der Waals surface area contributed by atoms with Crippen LogP contribution in [0.5, 0.6) is 11.5 Å². The zero-order valence-electron chi connectivity index (χ0n) is 19.3. The molecule has 176 valence electrons. The summed E-state index contributed by atoms with van der Waals surface area (Å²) in [4.78, 5) is 0. The van der Waals surface area contributed by atoms with E-state index in [-0.39, 0.29) is 23.9 Å². The van der Waals surface area contributed by atoms with Gasteiger partial charge in [0.2, 0.25) is 0 Å². The summed E-state index contributed by atoms with van der Waals surface area (Å²) in [5.74, 6) is 1.64. The third-order valence-electron chi connectivity index (χ3n) is 3.87. The van der Waals surface area contributed by atoms with Crippen molar-refractivity contribution in [2.45, 2.75) is 0 Å². The topological polar surface area (TPSA) is 18.5 Å². The number of rotatable bonds is 4. The minimum absolute atomic E-state index is 0. The molecule has 0 N–H and O–H groups in total. The van der Waals surface area contributed by atoms with Gasteiger partial charge < -0.3 is 59.2 Å². The SMILES string of the molecule is COc1ccc(C(=S)[S-])cc1.COc1ccc(C(=S)[S-])cc1.[Sn+2].[c]1ccccc1.[c]1ccccc1. The van der Waals surface area contributed by atoms with Crippen LogP contribution < -0.4 is 9.47 Å².